The number of benzene rings is 1. The number of ether oxygens (including phenoxy) is 1. The average Bonchev–Trinajstić information content (AvgIpc) is 2.73. The predicted octanol–water partition coefficient (Wildman–Crippen LogP) is 1.65. The summed E-state index contributed by atoms with van der Waals surface area (Å²) >= 11 is 0. The van der Waals surface area contributed by atoms with E-state index in [0.29, 0.717) is 5.69 Å². The Labute approximate surface area is 104 Å². The standard InChI is InChI=1S/C13H14N2O3/c1-3-18-13(17)11-8-12(16)15(14-11)10-6-4-9(2)5-7-10/h4-8,14H,3H2,1-2H3. The molecule has 1 aromatic heterocycles. The number of nitrogens with one attached hydrogen (secondary N) is 1. The lowest BCUT2D eigenvalue weighted by molar-refractivity contribution is 0.0519. The molecule has 94 valence electrons. The highest BCUT2D eigenvalue weighted by atomic mass is 16.5. The van der Waals surface area contributed by atoms with Gasteiger partial charge in [0.1, 0.15) is 5.69 Å². The van der Waals surface area contributed by atoms with Crippen LogP contribution in [0.1, 0.15) is 23.0 Å². The molecular weight excluding hydrogens is 232 g/mol. The Kier molecular flexibility index (Phi) is 3.32. The van der Waals surface area contributed by atoms with Crippen LogP contribution in [0, 0.1) is 6.92 Å². The van der Waals surface area contributed by atoms with Crippen molar-refractivity contribution in [3.63, 3.8) is 0 Å². The molecule has 0 radical (unpaired) electrons. The van der Waals surface area contributed by atoms with Gasteiger partial charge in [-0.2, -0.15) is 0 Å². The lowest BCUT2D eigenvalue weighted by Crippen LogP contribution is -2.13. The first-order valence-corrected chi connectivity index (χ1v) is 5.68. The van der Waals surface area contributed by atoms with Gasteiger partial charge in [0.25, 0.3) is 5.56 Å². The van der Waals surface area contributed by atoms with E-state index in [4.69, 9.17) is 4.74 Å². The lowest BCUT2D eigenvalue weighted by Gasteiger charge is -2.02. The van der Waals surface area contributed by atoms with Gasteiger partial charge in [-0.15, -0.1) is 0 Å². The molecule has 0 spiro atoms. The van der Waals surface area contributed by atoms with Crippen LogP contribution in [-0.2, 0) is 4.74 Å². The molecule has 0 amide bonds. The zero-order valence-electron chi connectivity index (χ0n) is 10.3. The quantitative estimate of drug-likeness (QED) is 0.837. The van der Waals surface area contributed by atoms with Crippen molar-refractivity contribution < 1.29 is 9.53 Å². The van der Waals surface area contributed by atoms with Crippen molar-refractivity contribution in [2.45, 2.75) is 13.8 Å². The van der Waals surface area contributed by atoms with Gasteiger partial charge in [0, 0.05) is 6.07 Å². The van der Waals surface area contributed by atoms with Crippen LogP contribution in [0.25, 0.3) is 5.69 Å². The molecule has 5 heteroatoms. The Morgan fingerprint density at radius 2 is 2.00 bits per heavy atom. The SMILES string of the molecule is CCOC(=O)c1cc(=O)n(-c2ccc(C)cc2)[nH]1. The minimum Gasteiger partial charge on any atom is -0.461 e. The van der Waals surface area contributed by atoms with Gasteiger partial charge in [0.2, 0.25) is 0 Å². The number of carbonyl (C=O) groups is 1. The molecule has 0 aliphatic heterocycles. The summed E-state index contributed by atoms with van der Waals surface area (Å²) in [4.78, 5) is 23.2. The molecule has 0 bridgehead atoms. The summed E-state index contributed by atoms with van der Waals surface area (Å²) < 4.78 is 6.14. The fourth-order valence-electron chi connectivity index (χ4n) is 1.59. The van der Waals surface area contributed by atoms with Crippen molar-refractivity contribution >= 4 is 5.97 Å². The summed E-state index contributed by atoms with van der Waals surface area (Å²) in [6.45, 7) is 3.95. The average molecular weight is 246 g/mol. The van der Waals surface area contributed by atoms with E-state index in [0.717, 1.165) is 5.56 Å². The maximum absolute atomic E-state index is 11.8. The highest BCUT2D eigenvalue weighted by molar-refractivity contribution is 5.87. The van der Waals surface area contributed by atoms with Crippen molar-refractivity contribution in [3.05, 3.63) is 51.9 Å². The molecule has 2 aromatic rings. The van der Waals surface area contributed by atoms with Gasteiger partial charge in [0.15, 0.2) is 0 Å². The molecule has 0 fully saturated rings. The Balaban J connectivity index is 2.38. The number of carbonyl (C=O) groups excluding carboxylic acids is 1. The number of hydrogen-bond donors (Lipinski definition) is 1. The molecule has 0 aliphatic rings. The zero-order valence-corrected chi connectivity index (χ0v) is 10.3. The van der Waals surface area contributed by atoms with E-state index < -0.39 is 5.97 Å². The van der Waals surface area contributed by atoms with E-state index in [-0.39, 0.29) is 17.9 Å². The van der Waals surface area contributed by atoms with Crippen LogP contribution in [0.4, 0.5) is 0 Å². The highest BCUT2D eigenvalue weighted by Crippen LogP contribution is 2.07. The van der Waals surface area contributed by atoms with Gasteiger partial charge in [-0.1, -0.05) is 17.7 Å². The number of hydrogen-bond acceptors (Lipinski definition) is 3. The number of aromatic amines is 1. The third-order valence-electron chi connectivity index (χ3n) is 2.51. The molecule has 0 atom stereocenters. The zero-order chi connectivity index (χ0) is 13.1. The second-order valence-corrected chi connectivity index (χ2v) is 3.90. The van der Waals surface area contributed by atoms with Gasteiger partial charge in [0.05, 0.1) is 12.3 Å². The second-order valence-electron chi connectivity index (χ2n) is 3.90. The summed E-state index contributed by atoms with van der Waals surface area (Å²) in [5.74, 6) is -0.527. The largest absolute Gasteiger partial charge is 0.461 e. The third-order valence-corrected chi connectivity index (χ3v) is 2.51. The molecule has 1 heterocycles. The van der Waals surface area contributed by atoms with Crippen molar-refractivity contribution in [3.8, 4) is 5.69 Å². The molecule has 1 N–H and O–H groups in total. The fourth-order valence-corrected chi connectivity index (χ4v) is 1.59. The van der Waals surface area contributed by atoms with E-state index in [1.54, 1.807) is 6.92 Å². The molecule has 0 unspecified atom stereocenters. The molecule has 2 rings (SSSR count). The summed E-state index contributed by atoms with van der Waals surface area (Å²) in [7, 11) is 0. The van der Waals surface area contributed by atoms with Gasteiger partial charge in [-0.3, -0.25) is 9.89 Å². The van der Waals surface area contributed by atoms with Crippen molar-refractivity contribution in [1.82, 2.24) is 9.78 Å². The van der Waals surface area contributed by atoms with Crippen LogP contribution in [0.2, 0.25) is 0 Å². The molecule has 1 aromatic carbocycles. The normalized spacial score (nSPS) is 10.3. The minimum atomic E-state index is -0.527. The van der Waals surface area contributed by atoms with Crippen LogP contribution in [0.5, 0.6) is 0 Å². The fraction of sp³-hybridized carbons (Fsp3) is 0.231. The van der Waals surface area contributed by atoms with Gasteiger partial charge in [-0.25, -0.2) is 9.48 Å². The summed E-state index contributed by atoms with van der Waals surface area (Å²) in [5, 5.41) is 2.73. The van der Waals surface area contributed by atoms with Crippen LogP contribution >= 0.6 is 0 Å². The third kappa shape index (κ3) is 2.34. The monoisotopic (exact) mass is 246 g/mol. The lowest BCUT2D eigenvalue weighted by atomic mass is 10.2. The number of esters is 1. The van der Waals surface area contributed by atoms with Gasteiger partial charge >= 0.3 is 5.97 Å². The molecule has 0 aliphatic carbocycles. The van der Waals surface area contributed by atoms with Crippen LogP contribution < -0.4 is 5.56 Å². The molecular formula is C13H14N2O3. The van der Waals surface area contributed by atoms with Crippen LogP contribution in [0.3, 0.4) is 0 Å². The van der Waals surface area contributed by atoms with Crippen LogP contribution in [0.15, 0.2) is 35.1 Å². The number of aromatic nitrogens is 2. The smallest absolute Gasteiger partial charge is 0.356 e. The molecule has 0 saturated heterocycles. The number of nitrogens with zero attached hydrogens (tertiary/aromatic N) is 1. The van der Waals surface area contributed by atoms with E-state index in [1.807, 2.05) is 31.2 Å². The Hall–Kier alpha value is -2.30. The predicted molar refractivity (Wildman–Crippen MR) is 67.1 cm³/mol. The Morgan fingerprint density at radius 3 is 2.61 bits per heavy atom. The highest BCUT2D eigenvalue weighted by Gasteiger charge is 2.12. The van der Waals surface area contributed by atoms with Crippen molar-refractivity contribution in [2.24, 2.45) is 0 Å². The first-order chi connectivity index (χ1) is 8.61. The maximum Gasteiger partial charge on any atom is 0.356 e. The second kappa shape index (κ2) is 4.91. The Morgan fingerprint density at radius 1 is 1.33 bits per heavy atom. The first kappa shape index (κ1) is 12.2. The van der Waals surface area contributed by atoms with Gasteiger partial charge in [-0.05, 0) is 26.0 Å². The number of H-pyrrole nitrogens is 1. The minimum absolute atomic E-state index is 0.155. The van der Waals surface area contributed by atoms with Crippen molar-refractivity contribution in [1.29, 1.82) is 0 Å². The summed E-state index contributed by atoms with van der Waals surface area (Å²) in [5.41, 5.74) is 1.65. The summed E-state index contributed by atoms with van der Waals surface area (Å²) in [6.07, 6.45) is 0. The van der Waals surface area contributed by atoms with Crippen molar-refractivity contribution in [2.75, 3.05) is 6.61 Å². The molecule has 18 heavy (non-hydrogen) atoms. The number of rotatable bonds is 3. The Bertz CT molecular complexity index is 608. The molecule has 0 saturated carbocycles. The van der Waals surface area contributed by atoms with E-state index in [1.165, 1.54) is 10.7 Å². The van der Waals surface area contributed by atoms with Gasteiger partial charge < -0.3 is 4.74 Å². The maximum atomic E-state index is 11.8. The molecule has 5 nitrogen and oxygen atoms in total. The number of aryl methyl sites for hydroxylation is 1. The van der Waals surface area contributed by atoms with E-state index in [2.05, 4.69) is 5.10 Å². The van der Waals surface area contributed by atoms with Crippen LogP contribution in [-0.4, -0.2) is 22.4 Å². The topological polar surface area (TPSA) is 64.1 Å². The summed E-state index contributed by atoms with van der Waals surface area (Å²) in [6, 6.07) is 8.64. The first-order valence-electron chi connectivity index (χ1n) is 5.68. The van der Waals surface area contributed by atoms with E-state index >= 15 is 0 Å². The van der Waals surface area contributed by atoms with E-state index in [9.17, 15) is 9.59 Å².